The Kier molecular flexibility index (Phi) is 3.49. The summed E-state index contributed by atoms with van der Waals surface area (Å²) in [5, 5.41) is 0. The van der Waals surface area contributed by atoms with Crippen LogP contribution in [0.2, 0.25) is 0 Å². The summed E-state index contributed by atoms with van der Waals surface area (Å²) >= 11 is 0. The second-order valence-corrected chi connectivity index (χ2v) is 4.94. The van der Waals surface area contributed by atoms with E-state index in [4.69, 9.17) is 10.5 Å². The van der Waals surface area contributed by atoms with Gasteiger partial charge in [0.05, 0.1) is 6.61 Å². The third kappa shape index (κ3) is 2.56. The first-order valence-corrected chi connectivity index (χ1v) is 6.15. The lowest BCUT2D eigenvalue weighted by molar-refractivity contribution is 0.179. The van der Waals surface area contributed by atoms with Crippen LogP contribution in [0, 0.1) is 12.8 Å². The quantitative estimate of drug-likeness (QED) is 0.844. The van der Waals surface area contributed by atoms with Gasteiger partial charge >= 0.3 is 0 Å². The second kappa shape index (κ2) is 4.88. The van der Waals surface area contributed by atoms with Crippen LogP contribution in [-0.4, -0.2) is 6.61 Å². The first-order chi connectivity index (χ1) is 7.66. The maximum Gasteiger partial charge on any atom is 0.124 e. The average molecular weight is 219 g/mol. The molecule has 2 heteroatoms. The summed E-state index contributed by atoms with van der Waals surface area (Å²) < 4.78 is 5.88. The van der Waals surface area contributed by atoms with Gasteiger partial charge in [-0.2, -0.15) is 0 Å². The Hall–Kier alpha value is -1.02. The van der Waals surface area contributed by atoms with Crippen molar-refractivity contribution < 1.29 is 4.74 Å². The summed E-state index contributed by atoms with van der Waals surface area (Å²) in [6.07, 6.45) is 4.00. The van der Waals surface area contributed by atoms with Gasteiger partial charge in [-0.15, -0.1) is 0 Å². The molecule has 2 N–H and O–H groups in total. The molecule has 0 bridgehead atoms. The van der Waals surface area contributed by atoms with Crippen LogP contribution in [-0.2, 0) is 0 Å². The molecule has 1 aromatic carbocycles. The summed E-state index contributed by atoms with van der Waals surface area (Å²) in [6.45, 7) is 4.94. The number of benzene rings is 1. The van der Waals surface area contributed by atoms with E-state index in [1.165, 1.54) is 24.8 Å². The largest absolute Gasteiger partial charge is 0.493 e. The fourth-order valence-corrected chi connectivity index (χ4v) is 2.02. The van der Waals surface area contributed by atoms with Crippen LogP contribution >= 0.6 is 0 Å². The zero-order valence-electron chi connectivity index (χ0n) is 10.2. The Labute approximate surface area is 97.8 Å². The molecule has 88 valence electrons. The van der Waals surface area contributed by atoms with Gasteiger partial charge in [-0.1, -0.05) is 24.1 Å². The molecule has 1 atom stereocenters. The molecule has 0 aromatic heterocycles. The van der Waals surface area contributed by atoms with E-state index in [1.54, 1.807) is 0 Å². The number of ether oxygens (including phenoxy) is 1. The Morgan fingerprint density at radius 3 is 2.75 bits per heavy atom. The topological polar surface area (TPSA) is 35.2 Å². The van der Waals surface area contributed by atoms with Crippen LogP contribution in [0.4, 0.5) is 0 Å². The summed E-state index contributed by atoms with van der Waals surface area (Å²) in [5.74, 6) is 1.73. The first kappa shape index (κ1) is 11.5. The maximum atomic E-state index is 5.96. The number of rotatable bonds is 4. The molecule has 1 aliphatic carbocycles. The summed E-state index contributed by atoms with van der Waals surface area (Å²) in [4.78, 5) is 0. The van der Waals surface area contributed by atoms with Gasteiger partial charge in [0.2, 0.25) is 0 Å². The Morgan fingerprint density at radius 1 is 1.44 bits per heavy atom. The van der Waals surface area contributed by atoms with Crippen molar-refractivity contribution in [3.8, 4) is 5.75 Å². The second-order valence-electron chi connectivity index (χ2n) is 4.94. The van der Waals surface area contributed by atoms with Crippen molar-refractivity contribution in [1.29, 1.82) is 0 Å². The van der Waals surface area contributed by atoms with Crippen molar-refractivity contribution in [1.82, 2.24) is 0 Å². The molecule has 0 unspecified atom stereocenters. The van der Waals surface area contributed by atoms with E-state index >= 15 is 0 Å². The van der Waals surface area contributed by atoms with Gasteiger partial charge in [0.25, 0.3) is 0 Å². The molecule has 0 saturated heterocycles. The van der Waals surface area contributed by atoms with Crippen LogP contribution in [0.3, 0.4) is 0 Å². The van der Waals surface area contributed by atoms with E-state index in [-0.39, 0.29) is 6.04 Å². The van der Waals surface area contributed by atoms with Crippen LogP contribution in [0.5, 0.6) is 5.75 Å². The molecule has 0 radical (unpaired) electrons. The van der Waals surface area contributed by atoms with Gasteiger partial charge in [-0.3, -0.25) is 0 Å². The lowest BCUT2D eigenvalue weighted by Gasteiger charge is -2.26. The lowest BCUT2D eigenvalue weighted by atomic mass is 9.86. The van der Waals surface area contributed by atoms with Crippen LogP contribution in [0.1, 0.15) is 43.4 Å². The van der Waals surface area contributed by atoms with Gasteiger partial charge in [0, 0.05) is 11.6 Å². The SMILES string of the molecule is Cc1ccc(OCC2CCC2)c([C@H](C)N)c1. The average Bonchev–Trinajstić information content (AvgIpc) is 2.17. The molecule has 1 aromatic rings. The fourth-order valence-electron chi connectivity index (χ4n) is 2.02. The Bertz CT molecular complexity index is 356. The molecule has 0 aliphatic heterocycles. The minimum absolute atomic E-state index is 0.0382. The van der Waals surface area contributed by atoms with Gasteiger partial charge in [0.15, 0.2) is 0 Å². The van der Waals surface area contributed by atoms with E-state index in [1.807, 2.05) is 13.0 Å². The van der Waals surface area contributed by atoms with Gasteiger partial charge in [0.1, 0.15) is 5.75 Å². The van der Waals surface area contributed by atoms with Crippen LogP contribution < -0.4 is 10.5 Å². The third-order valence-corrected chi connectivity index (χ3v) is 3.36. The van der Waals surface area contributed by atoms with E-state index in [0.29, 0.717) is 0 Å². The van der Waals surface area contributed by atoms with E-state index < -0.39 is 0 Å². The Balaban J connectivity index is 2.05. The van der Waals surface area contributed by atoms with Crippen molar-refractivity contribution in [2.45, 2.75) is 39.2 Å². The number of nitrogens with two attached hydrogens (primary N) is 1. The molecule has 0 spiro atoms. The number of hydrogen-bond acceptors (Lipinski definition) is 2. The molecular formula is C14H21NO. The summed E-state index contributed by atoms with van der Waals surface area (Å²) in [7, 11) is 0. The zero-order chi connectivity index (χ0) is 11.5. The van der Waals surface area contributed by atoms with E-state index in [0.717, 1.165) is 23.8 Å². The van der Waals surface area contributed by atoms with Crippen LogP contribution in [0.25, 0.3) is 0 Å². The summed E-state index contributed by atoms with van der Waals surface area (Å²) in [5.41, 5.74) is 8.32. The van der Waals surface area contributed by atoms with E-state index in [2.05, 4.69) is 19.1 Å². The maximum absolute atomic E-state index is 5.96. The minimum Gasteiger partial charge on any atom is -0.493 e. The molecule has 16 heavy (non-hydrogen) atoms. The van der Waals surface area contributed by atoms with Gasteiger partial charge < -0.3 is 10.5 Å². The zero-order valence-corrected chi connectivity index (χ0v) is 10.2. The minimum atomic E-state index is 0.0382. The smallest absolute Gasteiger partial charge is 0.124 e. The first-order valence-electron chi connectivity index (χ1n) is 6.15. The standard InChI is InChI=1S/C14H21NO/c1-10-6-7-14(13(8-10)11(2)15)16-9-12-4-3-5-12/h6-8,11-12H,3-5,9,15H2,1-2H3/t11-/m0/s1. The summed E-state index contributed by atoms with van der Waals surface area (Å²) in [6, 6.07) is 6.30. The Morgan fingerprint density at radius 2 is 2.19 bits per heavy atom. The molecule has 2 nitrogen and oxygen atoms in total. The fraction of sp³-hybridized carbons (Fsp3) is 0.571. The van der Waals surface area contributed by atoms with Crippen molar-refractivity contribution in [2.75, 3.05) is 6.61 Å². The van der Waals surface area contributed by atoms with Crippen molar-refractivity contribution in [2.24, 2.45) is 11.7 Å². The highest BCUT2D eigenvalue weighted by atomic mass is 16.5. The normalized spacial score (nSPS) is 17.9. The molecule has 1 fully saturated rings. The van der Waals surface area contributed by atoms with Gasteiger partial charge in [-0.05, 0) is 38.7 Å². The van der Waals surface area contributed by atoms with Crippen molar-refractivity contribution in [3.05, 3.63) is 29.3 Å². The van der Waals surface area contributed by atoms with Crippen molar-refractivity contribution in [3.63, 3.8) is 0 Å². The molecule has 0 amide bonds. The van der Waals surface area contributed by atoms with Crippen LogP contribution in [0.15, 0.2) is 18.2 Å². The molecular weight excluding hydrogens is 198 g/mol. The molecule has 0 heterocycles. The molecule has 2 rings (SSSR count). The highest BCUT2D eigenvalue weighted by Crippen LogP contribution is 2.29. The molecule has 1 saturated carbocycles. The van der Waals surface area contributed by atoms with Crippen molar-refractivity contribution >= 4 is 0 Å². The highest BCUT2D eigenvalue weighted by molar-refractivity contribution is 5.38. The predicted molar refractivity (Wildman–Crippen MR) is 66.6 cm³/mol. The lowest BCUT2D eigenvalue weighted by Crippen LogP contribution is -2.20. The van der Waals surface area contributed by atoms with Gasteiger partial charge in [-0.25, -0.2) is 0 Å². The van der Waals surface area contributed by atoms with E-state index in [9.17, 15) is 0 Å². The number of aryl methyl sites for hydroxylation is 1. The highest BCUT2D eigenvalue weighted by Gasteiger charge is 2.18. The number of hydrogen-bond donors (Lipinski definition) is 1. The predicted octanol–water partition coefficient (Wildman–Crippen LogP) is 3.19. The third-order valence-electron chi connectivity index (χ3n) is 3.36. The monoisotopic (exact) mass is 219 g/mol. The molecule has 1 aliphatic rings.